The first-order chi connectivity index (χ1) is 23.2. The molecule has 5 rings (SSSR count). The van der Waals surface area contributed by atoms with E-state index < -0.39 is 35.2 Å². The van der Waals surface area contributed by atoms with Gasteiger partial charge in [-0.15, -0.1) is 0 Å². The first-order valence-electron chi connectivity index (χ1n) is 16.1. The highest BCUT2D eigenvalue weighted by molar-refractivity contribution is 6.00. The van der Waals surface area contributed by atoms with Crippen molar-refractivity contribution in [1.82, 2.24) is 35.1 Å². The van der Waals surface area contributed by atoms with Crippen LogP contribution in [-0.2, 0) is 42.3 Å². The molecule has 0 spiro atoms. The molecule has 1 saturated heterocycles. The summed E-state index contributed by atoms with van der Waals surface area (Å²) in [5.41, 5.74) is 1.81. The Hall–Kier alpha value is -5.34. The van der Waals surface area contributed by atoms with Gasteiger partial charge in [-0.25, -0.2) is 4.39 Å². The van der Waals surface area contributed by atoms with Crippen molar-refractivity contribution in [1.29, 1.82) is 0 Å². The monoisotopic (exact) mass is 677 g/mol. The summed E-state index contributed by atoms with van der Waals surface area (Å²) in [6.07, 6.45) is 2.34. The number of amides is 3. The van der Waals surface area contributed by atoms with E-state index in [9.17, 15) is 24.0 Å². The molecule has 3 N–H and O–H groups in total. The van der Waals surface area contributed by atoms with Crippen LogP contribution in [0.2, 0.25) is 0 Å². The number of aryl methyl sites for hydroxylation is 1. The Morgan fingerprint density at radius 3 is 2.39 bits per heavy atom. The molecule has 0 aliphatic carbocycles. The number of piperidine rings is 1. The fourth-order valence-electron chi connectivity index (χ4n) is 6.07. The number of carbonyl (C=O) groups excluding carboxylic acids is 4. The molecule has 1 aliphatic rings. The molecule has 0 bridgehead atoms. The Bertz CT molecular complexity index is 1920. The van der Waals surface area contributed by atoms with Crippen LogP contribution in [0.5, 0.6) is 0 Å². The van der Waals surface area contributed by atoms with Crippen LogP contribution in [0.3, 0.4) is 0 Å². The molecule has 2 aromatic heterocycles. The van der Waals surface area contributed by atoms with E-state index in [4.69, 9.17) is 14.9 Å². The molecule has 0 radical (unpaired) electrons. The minimum atomic E-state index is -1.03. The summed E-state index contributed by atoms with van der Waals surface area (Å²) in [6, 6.07) is 8.85. The van der Waals surface area contributed by atoms with Gasteiger partial charge in [-0.05, 0) is 45.2 Å². The minimum absolute atomic E-state index is 0.0778. The SMILES string of the molecule is Cn1ncc2ccc(-c3cccc4c3c(C3CCN(C(=O)CCC(=O)O)CC3)nn4CC(=O)NCC(=O)NCC(=O)OC(C)(C)C)c(F)c21. The molecule has 1 fully saturated rings. The number of nitrogens with one attached hydrogen (secondary N) is 2. The van der Waals surface area contributed by atoms with Crippen molar-refractivity contribution in [2.24, 2.45) is 7.05 Å². The van der Waals surface area contributed by atoms with E-state index >= 15 is 4.39 Å². The van der Waals surface area contributed by atoms with Gasteiger partial charge in [-0.2, -0.15) is 10.2 Å². The topological polar surface area (TPSA) is 178 Å². The maximum Gasteiger partial charge on any atom is 0.325 e. The molecule has 1 aliphatic heterocycles. The van der Waals surface area contributed by atoms with Crippen molar-refractivity contribution in [3.63, 3.8) is 0 Å². The molecule has 0 unspecified atom stereocenters. The number of likely N-dealkylation sites (tertiary alicyclic amines) is 1. The third kappa shape index (κ3) is 8.21. The Kier molecular flexibility index (Phi) is 10.3. The second kappa shape index (κ2) is 14.4. The van der Waals surface area contributed by atoms with Gasteiger partial charge in [-0.3, -0.25) is 33.3 Å². The average molecular weight is 678 g/mol. The number of benzene rings is 2. The van der Waals surface area contributed by atoms with Crippen molar-refractivity contribution in [2.75, 3.05) is 26.2 Å². The molecule has 260 valence electrons. The van der Waals surface area contributed by atoms with Crippen molar-refractivity contribution < 1.29 is 38.2 Å². The predicted molar refractivity (Wildman–Crippen MR) is 177 cm³/mol. The molecule has 49 heavy (non-hydrogen) atoms. The first kappa shape index (κ1) is 35.0. The van der Waals surface area contributed by atoms with E-state index in [1.165, 1.54) is 9.36 Å². The number of nitrogens with zero attached hydrogens (tertiary/aromatic N) is 5. The summed E-state index contributed by atoms with van der Waals surface area (Å²) < 4.78 is 24.3. The van der Waals surface area contributed by atoms with Crippen LogP contribution in [0.1, 0.15) is 58.1 Å². The summed E-state index contributed by atoms with van der Waals surface area (Å²) >= 11 is 0. The second-order valence-corrected chi connectivity index (χ2v) is 13.1. The van der Waals surface area contributed by atoms with Gasteiger partial charge in [0.05, 0.1) is 30.4 Å². The number of carbonyl (C=O) groups is 5. The standard InChI is InChI=1S/C34H40FN7O7/c1-34(2,3)49-29(48)18-37-25(43)17-36-26(44)19-42-24-7-5-6-22(23-9-8-21-16-38-40(4)33(21)31(23)35)30(24)32(39-42)20-12-14-41(15-13-20)27(45)10-11-28(46)47/h5-9,16,20H,10-15,17-19H2,1-4H3,(H,36,44)(H,37,43)(H,46,47). The highest BCUT2D eigenvalue weighted by Gasteiger charge is 2.30. The predicted octanol–water partition coefficient (Wildman–Crippen LogP) is 2.87. The zero-order valence-corrected chi connectivity index (χ0v) is 27.9. The smallest absolute Gasteiger partial charge is 0.325 e. The highest BCUT2D eigenvalue weighted by Crippen LogP contribution is 2.40. The Labute approximate surface area is 281 Å². The Balaban J connectivity index is 1.40. The first-order valence-corrected chi connectivity index (χ1v) is 16.1. The molecular weight excluding hydrogens is 637 g/mol. The van der Waals surface area contributed by atoms with Gasteiger partial charge >= 0.3 is 11.9 Å². The fourth-order valence-corrected chi connectivity index (χ4v) is 6.07. The zero-order valence-electron chi connectivity index (χ0n) is 27.9. The summed E-state index contributed by atoms with van der Waals surface area (Å²) in [4.78, 5) is 62.5. The van der Waals surface area contributed by atoms with E-state index in [1.54, 1.807) is 69.2 Å². The van der Waals surface area contributed by atoms with E-state index in [1.807, 2.05) is 0 Å². The maximum atomic E-state index is 16.1. The molecule has 3 amide bonds. The largest absolute Gasteiger partial charge is 0.481 e. The normalized spacial score (nSPS) is 13.9. The maximum absolute atomic E-state index is 16.1. The van der Waals surface area contributed by atoms with Crippen molar-refractivity contribution in [3.05, 3.63) is 48.0 Å². The third-order valence-electron chi connectivity index (χ3n) is 8.31. The van der Waals surface area contributed by atoms with Crippen LogP contribution < -0.4 is 10.6 Å². The van der Waals surface area contributed by atoms with Gasteiger partial charge < -0.3 is 25.4 Å². The van der Waals surface area contributed by atoms with Gasteiger partial charge in [0.15, 0.2) is 5.82 Å². The number of aromatic nitrogens is 4. The number of aliphatic carboxylic acids is 1. The number of fused-ring (bicyclic) bond motifs is 2. The number of rotatable bonds is 11. The summed E-state index contributed by atoms with van der Waals surface area (Å²) in [5.74, 6) is -3.53. The lowest BCUT2D eigenvalue weighted by atomic mass is 9.88. The number of hydrogen-bond acceptors (Lipinski definition) is 8. The Morgan fingerprint density at radius 1 is 0.980 bits per heavy atom. The van der Waals surface area contributed by atoms with E-state index in [0.717, 1.165) is 0 Å². The number of ether oxygens (including phenoxy) is 1. The van der Waals surface area contributed by atoms with E-state index in [2.05, 4.69) is 15.7 Å². The highest BCUT2D eigenvalue weighted by atomic mass is 19.1. The van der Waals surface area contributed by atoms with Crippen LogP contribution >= 0.6 is 0 Å². The number of hydrogen-bond donors (Lipinski definition) is 3. The van der Waals surface area contributed by atoms with Gasteiger partial charge in [0.25, 0.3) is 0 Å². The van der Waals surface area contributed by atoms with Gasteiger partial charge in [0.2, 0.25) is 17.7 Å². The van der Waals surface area contributed by atoms with E-state index in [-0.39, 0.29) is 44.3 Å². The number of carboxylic acid groups (broad SMARTS) is 1. The minimum Gasteiger partial charge on any atom is -0.481 e. The Morgan fingerprint density at radius 2 is 1.69 bits per heavy atom. The second-order valence-electron chi connectivity index (χ2n) is 13.1. The lowest BCUT2D eigenvalue weighted by Crippen LogP contribution is -2.41. The molecule has 3 heterocycles. The summed E-state index contributed by atoms with van der Waals surface area (Å²) in [5, 5.41) is 24.3. The molecule has 0 atom stereocenters. The number of esters is 1. The van der Waals surface area contributed by atoms with Crippen LogP contribution in [0, 0.1) is 5.82 Å². The lowest BCUT2D eigenvalue weighted by molar-refractivity contribution is -0.154. The number of carboxylic acids is 1. The molecule has 14 nitrogen and oxygen atoms in total. The molecular formula is C34H40FN7O7. The molecule has 15 heteroatoms. The van der Waals surface area contributed by atoms with Crippen LogP contribution in [-0.4, -0.2) is 91.0 Å². The summed E-state index contributed by atoms with van der Waals surface area (Å²) in [7, 11) is 1.67. The van der Waals surface area contributed by atoms with Crippen LogP contribution in [0.25, 0.3) is 32.9 Å². The van der Waals surface area contributed by atoms with Crippen molar-refractivity contribution in [2.45, 2.75) is 64.5 Å². The van der Waals surface area contributed by atoms with Crippen LogP contribution in [0.4, 0.5) is 4.39 Å². The third-order valence-corrected chi connectivity index (χ3v) is 8.31. The molecule has 2 aromatic carbocycles. The quantitative estimate of drug-likeness (QED) is 0.202. The van der Waals surface area contributed by atoms with Gasteiger partial charge in [-0.1, -0.05) is 24.3 Å². The zero-order chi connectivity index (χ0) is 35.5. The van der Waals surface area contributed by atoms with Crippen molar-refractivity contribution >= 4 is 51.5 Å². The summed E-state index contributed by atoms with van der Waals surface area (Å²) in [6.45, 7) is 4.98. The molecule has 4 aromatic rings. The lowest BCUT2D eigenvalue weighted by Gasteiger charge is -2.31. The van der Waals surface area contributed by atoms with Gasteiger partial charge in [0, 0.05) is 48.8 Å². The molecule has 0 saturated carbocycles. The fraction of sp³-hybridized carbons (Fsp3) is 0.441. The average Bonchev–Trinajstić information content (AvgIpc) is 3.61. The van der Waals surface area contributed by atoms with Crippen molar-refractivity contribution in [3.8, 4) is 11.1 Å². The van der Waals surface area contributed by atoms with Gasteiger partial charge in [0.1, 0.15) is 24.2 Å². The van der Waals surface area contributed by atoms with Crippen LogP contribution in [0.15, 0.2) is 36.5 Å². The number of halogens is 1. The van der Waals surface area contributed by atoms with E-state index in [0.29, 0.717) is 64.6 Å².